The molecule has 2 aliphatic heterocycles. The fourth-order valence-corrected chi connectivity index (χ4v) is 4.74. The summed E-state index contributed by atoms with van der Waals surface area (Å²) in [6, 6.07) is 7.09. The number of urea groups is 1. The minimum absolute atomic E-state index is 0.0359. The Hall–Kier alpha value is -1.76. The second-order valence-corrected chi connectivity index (χ2v) is 8.14. The Morgan fingerprint density at radius 2 is 1.91 bits per heavy atom. The van der Waals surface area contributed by atoms with Crippen LogP contribution in [0.4, 0.5) is 16.2 Å². The molecular formula is C15H21N3O3S. The summed E-state index contributed by atoms with van der Waals surface area (Å²) in [5.74, 6) is 0.191. The molecule has 0 saturated carbocycles. The van der Waals surface area contributed by atoms with E-state index in [-0.39, 0.29) is 23.6 Å². The van der Waals surface area contributed by atoms with Crippen molar-refractivity contribution in [3.63, 3.8) is 0 Å². The fourth-order valence-electron chi connectivity index (χ4n) is 3.07. The summed E-state index contributed by atoms with van der Waals surface area (Å²) in [5.41, 5.74) is 1.79. The Labute approximate surface area is 130 Å². The maximum atomic E-state index is 12.1. The van der Waals surface area contributed by atoms with Crippen molar-refractivity contribution in [3.05, 3.63) is 24.3 Å². The lowest BCUT2D eigenvalue weighted by Gasteiger charge is -2.22. The molecule has 2 heterocycles. The SMILES string of the molecule is O=C(Nc1ccccc1N1CCCC1)NC1CCS(=O)(=O)C1. The number of rotatable bonds is 3. The van der Waals surface area contributed by atoms with Crippen LogP contribution < -0.4 is 15.5 Å². The molecule has 3 rings (SSSR count). The molecule has 7 heteroatoms. The number of anilines is 2. The number of hydrogen-bond donors (Lipinski definition) is 2. The standard InChI is InChI=1S/C15H21N3O3S/c19-15(16-12-7-10-22(20,21)11-12)17-13-5-1-2-6-14(13)18-8-3-4-9-18/h1-2,5-6,12H,3-4,7-11H2,(H2,16,17,19). The van der Waals surface area contributed by atoms with Gasteiger partial charge in [-0.3, -0.25) is 0 Å². The third-order valence-corrected chi connectivity index (χ3v) is 5.93. The second kappa shape index (κ2) is 6.16. The molecule has 0 aromatic heterocycles. The number of carbonyl (C=O) groups excluding carboxylic acids is 1. The predicted molar refractivity (Wildman–Crippen MR) is 87.1 cm³/mol. The van der Waals surface area contributed by atoms with E-state index in [0.29, 0.717) is 6.42 Å². The first-order valence-electron chi connectivity index (χ1n) is 7.65. The lowest BCUT2D eigenvalue weighted by molar-refractivity contribution is 0.249. The van der Waals surface area contributed by atoms with E-state index in [1.54, 1.807) is 0 Å². The van der Waals surface area contributed by atoms with E-state index < -0.39 is 9.84 Å². The molecule has 2 N–H and O–H groups in total. The van der Waals surface area contributed by atoms with Crippen molar-refractivity contribution in [1.29, 1.82) is 0 Å². The number of para-hydroxylation sites is 2. The Balaban J connectivity index is 1.64. The van der Waals surface area contributed by atoms with E-state index in [9.17, 15) is 13.2 Å². The summed E-state index contributed by atoms with van der Waals surface area (Å²) in [6.07, 6.45) is 2.82. The molecule has 22 heavy (non-hydrogen) atoms. The summed E-state index contributed by atoms with van der Waals surface area (Å²) >= 11 is 0. The van der Waals surface area contributed by atoms with Crippen LogP contribution in [0.25, 0.3) is 0 Å². The molecule has 1 unspecified atom stereocenters. The molecule has 1 aromatic carbocycles. The summed E-state index contributed by atoms with van der Waals surface area (Å²) in [5, 5.41) is 5.61. The van der Waals surface area contributed by atoms with Crippen molar-refractivity contribution >= 4 is 27.2 Å². The van der Waals surface area contributed by atoms with Crippen LogP contribution >= 0.6 is 0 Å². The van der Waals surface area contributed by atoms with Crippen LogP contribution in [0, 0.1) is 0 Å². The normalized spacial score (nSPS) is 23.5. The van der Waals surface area contributed by atoms with E-state index in [1.165, 1.54) is 12.8 Å². The average Bonchev–Trinajstić information content (AvgIpc) is 3.09. The monoisotopic (exact) mass is 323 g/mol. The van der Waals surface area contributed by atoms with Crippen LogP contribution in [0.5, 0.6) is 0 Å². The van der Waals surface area contributed by atoms with Gasteiger partial charge in [-0.25, -0.2) is 13.2 Å². The van der Waals surface area contributed by atoms with Crippen molar-refractivity contribution < 1.29 is 13.2 Å². The molecule has 1 aromatic rings. The molecule has 120 valence electrons. The van der Waals surface area contributed by atoms with Crippen molar-refractivity contribution in [1.82, 2.24) is 5.32 Å². The lowest BCUT2D eigenvalue weighted by Crippen LogP contribution is -2.38. The fraction of sp³-hybridized carbons (Fsp3) is 0.533. The van der Waals surface area contributed by atoms with Crippen LogP contribution in [0.1, 0.15) is 19.3 Å². The topological polar surface area (TPSA) is 78.5 Å². The number of amides is 2. The van der Waals surface area contributed by atoms with Crippen LogP contribution in [0.2, 0.25) is 0 Å². The van der Waals surface area contributed by atoms with Crippen LogP contribution in [0.3, 0.4) is 0 Å². The van der Waals surface area contributed by atoms with Gasteiger partial charge >= 0.3 is 6.03 Å². The Morgan fingerprint density at radius 1 is 1.18 bits per heavy atom. The third kappa shape index (κ3) is 3.52. The zero-order chi connectivity index (χ0) is 15.6. The van der Waals surface area contributed by atoms with Crippen molar-refractivity contribution in [2.45, 2.75) is 25.3 Å². The zero-order valence-corrected chi connectivity index (χ0v) is 13.2. The molecule has 0 bridgehead atoms. The summed E-state index contributed by atoms with van der Waals surface area (Å²) in [7, 11) is -2.99. The minimum Gasteiger partial charge on any atom is -0.370 e. The van der Waals surface area contributed by atoms with E-state index in [4.69, 9.17) is 0 Å². The van der Waals surface area contributed by atoms with E-state index in [1.807, 2.05) is 24.3 Å². The minimum atomic E-state index is -2.99. The quantitative estimate of drug-likeness (QED) is 0.885. The number of benzene rings is 1. The Morgan fingerprint density at radius 3 is 2.59 bits per heavy atom. The van der Waals surface area contributed by atoms with Crippen LogP contribution in [0.15, 0.2) is 24.3 Å². The molecular weight excluding hydrogens is 302 g/mol. The smallest absolute Gasteiger partial charge is 0.319 e. The first kappa shape index (κ1) is 15.1. The number of carbonyl (C=O) groups is 1. The molecule has 0 spiro atoms. The van der Waals surface area contributed by atoms with Gasteiger partial charge in [0.05, 0.1) is 22.9 Å². The maximum absolute atomic E-state index is 12.1. The third-order valence-electron chi connectivity index (χ3n) is 4.17. The lowest BCUT2D eigenvalue weighted by atomic mass is 10.2. The number of nitrogens with zero attached hydrogens (tertiary/aromatic N) is 1. The van der Waals surface area contributed by atoms with Crippen LogP contribution in [-0.4, -0.2) is 45.1 Å². The number of nitrogens with one attached hydrogen (secondary N) is 2. The molecule has 2 saturated heterocycles. The zero-order valence-electron chi connectivity index (χ0n) is 12.4. The summed E-state index contributed by atoms with van der Waals surface area (Å²) in [4.78, 5) is 14.4. The Bertz CT molecular complexity index is 654. The van der Waals surface area contributed by atoms with Gasteiger partial charge in [-0.1, -0.05) is 12.1 Å². The average molecular weight is 323 g/mol. The molecule has 2 amide bonds. The summed E-state index contributed by atoms with van der Waals surface area (Å²) < 4.78 is 22.9. The van der Waals surface area contributed by atoms with Gasteiger partial charge in [-0.05, 0) is 31.4 Å². The van der Waals surface area contributed by atoms with Crippen LogP contribution in [-0.2, 0) is 9.84 Å². The first-order valence-corrected chi connectivity index (χ1v) is 9.47. The largest absolute Gasteiger partial charge is 0.370 e. The molecule has 0 radical (unpaired) electrons. The van der Waals surface area contributed by atoms with Gasteiger partial charge in [-0.15, -0.1) is 0 Å². The van der Waals surface area contributed by atoms with E-state index >= 15 is 0 Å². The van der Waals surface area contributed by atoms with Gasteiger partial charge in [0.25, 0.3) is 0 Å². The summed E-state index contributed by atoms with van der Waals surface area (Å²) in [6.45, 7) is 2.00. The van der Waals surface area contributed by atoms with Crippen molar-refractivity contribution in [2.24, 2.45) is 0 Å². The molecule has 0 aliphatic carbocycles. The molecule has 6 nitrogen and oxygen atoms in total. The maximum Gasteiger partial charge on any atom is 0.319 e. The van der Waals surface area contributed by atoms with E-state index in [0.717, 1.165) is 24.5 Å². The van der Waals surface area contributed by atoms with Gasteiger partial charge in [0.15, 0.2) is 9.84 Å². The van der Waals surface area contributed by atoms with E-state index in [2.05, 4.69) is 15.5 Å². The highest BCUT2D eigenvalue weighted by Gasteiger charge is 2.29. The number of hydrogen-bond acceptors (Lipinski definition) is 4. The predicted octanol–water partition coefficient (Wildman–Crippen LogP) is 1.60. The highest BCUT2D eigenvalue weighted by Crippen LogP contribution is 2.28. The number of sulfone groups is 1. The molecule has 2 aliphatic rings. The van der Waals surface area contributed by atoms with Crippen molar-refractivity contribution in [3.8, 4) is 0 Å². The van der Waals surface area contributed by atoms with Gasteiger partial charge in [-0.2, -0.15) is 0 Å². The van der Waals surface area contributed by atoms with Gasteiger partial charge < -0.3 is 15.5 Å². The molecule has 1 atom stereocenters. The van der Waals surface area contributed by atoms with Gasteiger partial charge in [0.1, 0.15) is 0 Å². The highest BCUT2D eigenvalue weighted by molar-refractivity contribution is 7.91. The van der Waals surface area contributed by atoms with Gasteiger partial charge in [0, 0.05) is 19.1 Å². The van der Waals surface area contributed by atoms with Crippen molar-refractivity contribution in [2.75, 3.05) is 34.8 Å². The highest BCUT2D eigenvalue weighted by atomic mass is 32.2. The van der Waals surface area contributed by atoms with Gasteiger partial charge in [0.2, 0.25) is 0 Å². The second-order valence-electron chi connectivity index (χ2n) is 5.91. The first-order chi connectivity index (χ1) is 10.5. The molecule has 2 fully saturated rings. The Kier molecular flexibility index (Phi) is 4.24.